The normalized spacial score (nSPS) is 11.4. The van der Waals surface area contributed by atoms with Crippen molar-refractivity contribution in [2.24, 2.45) is 0 Å². The molecule has 4 rings (SSSR count). The summed E-state index contributed by atoms with van der Waals surface area (Å²) in [6.45, 7) is 11.0. The Labute approximate surface area is 217 Å². The van der Waals surface area contributed by atoms with Crippen LogP contribution >= 0.6 is 11.8 Å². The van der Waals surface area contributed by atoms with Gasteiger partial charge in [-0.1, -0.05) is 124 Å². The largest absolute Gasteiger partial charge is 0.344 e. The molecule has 6 heteroatoms. The van der Waals surface area contributed by atoms with Crippen LogP contribution < -0.4 is 5.32 Å². The van der Waals surface area contributed by atoms with Crippen LogP contribution in [0.1, 0.15) is 43.5 Å². The Balaban J connectivity index is 1.50. The maximum absolute atomic E-state index is 13.0. The SMILES string of the molecule is C=CCn1c(SCC(=O)NC(c2ccccc2)c2ccccc2)nnc1-c1ccc(C(C)(C)C)cc1. The average Bonchev–Trinajstić information content (AvgIpc) is 3.29. The highest BCUT2D eigenvalue weighted by Crippen LogP contribution is 2.28. The molecular weight excluding hydrogens is 464 g/mol. The second-order valence-corrected chi connectivity index (χ2v) is 10.6. The number of amides is 1. The van der Waals surface area contributed by atoms with Crippen molar-refractivity contribution in [3.63, 3.8) is 0 Å². The van der Waals surface area contributed by atoms with Gasteiger partial charge in [0.25, 0.3) is 0 Å². The highest BCUT2D eigenvalue weighted by molar-refractivity contribution is 7.99. The number of carbonyl (C=O) groups excluding carboxylic acids is 1. The smallest absolute Gasteiger partial charge is 0.231 e. The number of hydrogen-bond acceptors (Lipinski definition) is 4. The van der Waals surface area contributed by atoms with Gasteiger partial charge in [-0.15, -0.1) is 16.8 Å². The van der Waals surface area contributed by atoms with E-state index in [1.165, 1.54) is 17.3 Å². The third-order valence-corrected chi connectivity index (χ3v) is 6.91. The van der Waals surface area contributed by atoms with Crippen LogP contribution in [-0.2, 0) is 16.8 Å². The molecule has 0 aliphatic heterocycles. The van der Waals surface area contributed by atoms with Crippen molar-refractivity contribution < 1.29 is 4.79 Å². The van der Waals surface area contributed by atoms with E-state index in [2.05, 4.69) is 67.1 Å². The number of allylic oxidation sites excluding steroid dienone is 1. The summed E-state index contributed by atoms with van der Waals surface area (Å²) in [5, 5.41) is 12.7. The van der Waals surface area contributed by atoms with Crippen LogP contribution in [0.5, 0.6) is 0 Å². The van der Waals surface area contributed by atoms with Crippen molar-refractivity contribution in [3.8, 4) is 11.4 Å². The van der Waals surface area contributed by atoms with E-state index >= 15 is 0 Å². The molecule has 0 bridgehead atoms. The summed E-state index contributed by atoms with van der Waals surface area (Å²) in [6, 6.07) is 28.2. The lowest BCUT2D eigenvalue weighted by molar-refractivity contribution is -0.119. The highest BCUT2D eigenvalue weighted by Gasteiger charge is 2.20. The molecule has 184 valence electrons. The molecule has 0 radical (unpaired) electrons. The topological polar surface area (TPSA) is 59.8 Å². The Kier molecular flexibility index (Phi) is 8.06. The number of nitrogens with one attached hydrogen (secondary N) is 1. The maximum Gasteiger partial charge on any atom is 0.231 e. The quantitative estimate of drug-likeness (QED) is 0.214. The van der Waals surface area contributed by atoms with Gasteiger partial charge < -0.3 is 5.32 Å². The molecule has 5 nitrogen and oxygen atoms in total. The number of benzene rings is 3. The molecule has 0 saturated carbocycles. The molecule has 1 heterocycles. The average molecular weight is 497 g/mol. The maximum atomic E-state index is 13.0. The first kappa shape index (κ1) is 25.5. The minimum Gasteiger partial charge on any atom is -0.344 e. The van der Waals surface area contributed by atoms with E-state index in [-0.39, 0.29) is 23.1 Å². The fourth-order valence-electron chi connectivity index (χ4n) is 4.00. The van der Waals surface area contributed by atoms with Gasteiger partial charge in [0.2, 0.25) is 5.91 Å². The van der Waals surface area contributed by atoms with Crippen LogP contribution in [0.4, 0.5) is 0 Å². The van der Waals surface area contributed by atoms with Gasteiger partial charge >= 0.3 is 0 Å². The Morgan fingerprint density at radius 1 is 0.944 bits per heavy atom. The zero-order valence-corrected chi connectivity index (χ0v) is 21.8. The van der Waals surface area contributed by atoms with Crippen molar-refractivity contribution in [1.82, 2.24) is 20.1 Å². The first-order valence-electron chi connectivity index (χ1n) is 12.0. The predicted octanol–water partition coefficient (Wildman–Crippen LogP) is 6.43. The van der Waals surface area contributed by atoms with E-state index in [9.17, 15) is 4.79 Å². The van der Waals surface area contributed by atoms with Gasteiger partial charge in [-0.05, 0) is 22.1 Å². The standard InChI is InChI=1S/C30H32N4OS/c1-5-20-34-28(24-16-18-25(19-17-24)30(2,3)4)32-33-29(34)36-21-26(35)31-27(22-12-8-6-9-13-22)23-14-10-7-11-15-23/h5-19,27H,1,20-21H2,2-4H3,(H,31,35). The van der Waals surface area contributed by atoms with Gasteiger partial charge in [0.05, 0.1) is 11.8 Å². The Morgan fingerprint density at radius 3 is 2.06 bits per heavy atom. The minimum atomic E-state index is -0.219. The summed E-state index contributed by atoms with van der Waals surface area (Å²) in [5.74, 6) is 0.931. The van der Waals surface area contributed by atoms with Gasteiger partial charge in [0, 0.05) is 12.1 Å². The Bertz CT molecular complexity index is 1250. The predicted molar refractivity (Wildman–Crippen MR) is 148 cm³/mol. The van der Waals surface area contributed by atoms with Crippen LogP contribution in [0.25, 0.3) is 11.4 Å². The van der Waals surface area contributed by atoms with Gasteiger partial charge in [-0.2, -0.15) is 0 Å². The van der Waals surface area contributed by atoms with Crippen LogP contribution in [0.15, 0.2) is 103 Å². The zero-order valence-electron chi connectivity index (χ0n) is 21.0. The number of thioether (sulfide) groups is 1. The van der Waals surface area contributed by atoms with Crippen LogP contribution in [0, 0.1) is 0 Å². The second-order valence-electron chi connectivity index (χ2n) is 9.64. The van der Waals surface area contributed by atoms with Crippen molar-refractivity contribution in [1.29, 1.82) is 0 Å². The molecular formula is C30H32N4OS. The lowest BCUT2D eigenvalue weighted by atomic mass is 9.87. The molecule has 36 heavy (non-hydrogen) atoms. The number of aromatic nitrogens is 3. The monoisotopic (exact) mass is 496 g/mol. The fourth-order valence-corrected chi connectivity index (χ4v) is 4.76. The second kappa shape index (κ2) is 11.4. The van der Waals surface area contributed by atoms with Crippen LogP contribution in [0.3, 0.4) is 0 Å². The van der Waals surface area contributed by atoms with Gasteiger partial charge in [-0.25, -0.2) is 0 Å². The molecule has 1 aromatic heterocycles. The van der Waals surface area contributed by atoms with E-state index in [0.717, 1.165) is 22.5 Å². The first-order chi connectivity index (χ1) is 17.4. The van der Waals surface area contributed by atoms with E-state index in [1.54, 1.807) is 0 Å². The minimum absolute atomic E-state index is 0.0676. The number of hydrogen-bond donors (Lipinski definition) is 1. The third kappa shape index (κ3) is 6.13. The molecule has 4 aromatic rings. The summed E-state index contributed by atoms with van der Waals surface area (Å²) >= 11 is 1.38. The lowest BCUT2D eigenvalue weighted by Gasteiger charge is -2.20. The number of carbonyl (C=O) groups is 1. The first-order valence-corrected chi connectivity index (χ1v) is 13.0. The van der Waals surface area contributed by atoms with Gasteiger partial charge in [0.15, 0.2) is 11.0 Å². The number of nitrogens with zero attached hydrogens (tertiary/aromatic N) is 3. The van der Waals surface area contributed by atoms with E-state index in [0.29, 0.717) is 11.7 Å². The third-order valence-electron chi connectivity index (χ3n) is 5.94. The summed E-state index contributed by atoms with van der Waals surface area (Å²) in [7, 11) is 0. The van der Waals surface area contributed by atoms with Gasteiger partial charge in [-0.3, -0.25) is 9.36 Å². The lowest BCUT2D eigenvalue weighted by Crippen LogP contribution is -2.30. The van der Waals surface area contributed by atoms with Crippen LogP contribution in [0.2, 0.25) is 0 Å². The molecule has 1 amide bonds. The van der Waals surface area contributed by atoms with Crippen molar-refractivity contribution in [3.05, 3.63) is 114 Å². The molecule has 0 aliphatic rings. The van der Waals surface area contributed by atoms with Crippen molar-refractivity contribution in [2.75, 3.05) is 5.75 Å². The molecule has 0 aliphatic carbocycles. The van der Waals surface area contributed by atoms with E-state index in [1.807, 2.05) is 71.3 Å². The summed E-state index contributed by atoms with van der Waals surface area (Å²) in [4.78, 5) is 13.0. The Morgan fingerprint density at radius 2 is 1.53 bits per heavy atom. The zero-order chi connectivity index (χ0) is 25.5. The van der Waals surface area contributed by atoms with Crippen molar-refractivity contribution in [2.45, 2.75) is 43.9 Å². The number of rotatable bonds is 9. The summed E-state index contributed by atoms with van der Waals surface area (Å²) in [6.07, 6.45) is 1.82. The molecule has 0 unspecified atom stereocenters. The highest BCUT2D eigenvalue weighted by atomic mass is 32.2. The summed E-state index contributed by atoms with van der Waals surface area (Å²) in [5.41, 5.74) is 4.41. The van der Waals surface area contributed by atoms with Crippen LogP contribution in [-0.4, -0.2) is 26.4 Å². The molecule has 3 aromatic carbocycles. The molecule has 0 fully saturated rings. The van der Waals surface area contributed by atoms with E-state index in [4.69, 9.17) is 0 Å². The van der Waals surface area contributed by atoms with Crippen molar-refractivity contribution >= 4 is 17.7 Å². The molecule has 0 spiro atoms. The fraction of sp³-hybridized carbons (Fsp3) is 0.233. The Hall–Kier alpha value is -3.64. The molecule has 1 N–H and O–H groups in total. The molecule has 0 saturated heterocycles. The molecule has 0 atom stereocenters. The van der Waals surface area contributed by atoms with Gasteiger partial charge in [0.1, 0.15) is 0 Å². The van der Waals surface area contributed by atoms with E-state index < -0.39 is 0 Å². The summed E-state index contributed by atoms with van der Waals surface area (Å²) < 4.78 is 2.00.